The molecule has 318 valence electrons. The molecule has 3 aromatic rings. The van der Waals surface area contributed by atoms with E-state index in [0.717, 1.165) is 6.42 Å². The van der Waals surface area contributed by atoms with Gasteiger partial charge < -0.3 is 29.7 Å². The Morgan fingerprint density at radius 2 is 1.86 bits per heavy atom. The quantitative estimate of drug-likeness (QED) is 0.253. The molecule has 5 atom stereocenters. The minimum atomic E-state index is -4.66. The molecule has 4 aliphatic rings. The van der Waals surface area contributed by atoms with Crippen LogP contribution >= 0.6 is 0 Å². The van der Waals surface area contributed by atoms with Gasteiger partial charge in [-0.3, -0.25) is 28.6 Å². The molecule has 0 bridgehead atoms. The van der Waals surface area contributed by atoms with Crippen molar-refractivity contribution in [1.29, 1.82) is 0 Å². The number of alkyl halides is 3. The molecule has 4 heterocycles. The lowest BCUT2D eigenvalue weighted by Crippen LogP contribution is -2.58. The maximum atomic E-state index is 14.6. The van der Waals surface area contributed by atoms with Gasteiger partial charge in [0.05, 0.1) is 24.4 Å². The summed E-state index contributed by atoms with van der Waals surface area (Å²) in [4.78, 5) is 61.8. The van der Waals surface area contributed by atoms with Crippen LogP contribution in [0.2, 0.25) is 0 Å². The van der Waals surface area contributed by atoms with E-state index < -0.39 is 81.3 Å². The lowest BCUT2D eigenvalue weighted by Gasteiger charge is -2.29. The van der Waals surface area contributed by atoms with E-state index in [0.29, 0.717) is 48.8 Å². The van der Waals surface area contributed by atoms with Gasteiger partial charge in [-0.2, -0.15) is 18.3 Å². The number of carbonyl (C=O) groups excluding carboxylic acids is 4. The smallest absolute Gasteiger partial charge is 0.422 e. The van der Waals surface area contributed by atoms with Gasteiger partial charge in [-0.25, -0.2) is 13.4 Å². The Morgan fingerprint density at radius 1 is 1.08 bits per heavy atom. The van der Waals surface area contributed by atoms with E-state index in [-0.39, 0.29) is 48.6 Å². The van der Waals surface area contributed by atoms with E-state index >= 15 is 0 Å². The summed E-state index contributed by atoms with van der Waals surface area (Å²) in [7, 11) is -0.899. The molecule has 4 amide bonds. The van der Waals surface area contributed by atoms with Crippen molar-refractivity contribution in [3.63, 3.8) is 0 Å². The predicted molar refractivity (Wildman–Crippen MR) is 205 cm³/mol. The second kappa shape index (κ2) is 16.3. The molecule has 1 saturated heterocycles. The summed E-state index contributed by atoms with van der Waals surface area (Å²) in [6, 6.07) is 3.57. The summed E-state index contributed by atoms with van der Waals surface area (Å²) >= 11 is 0. The molecule has 2 aromatic heterocycles. The fourth-order valence-corrected chi connectivity index (χ4v) is 9.06. The van der Waals surface area contributed by atoms with E-state index in [9.17, 15) is 40.8 Å². The van der Waals surface area contributed by atoms with Crippen LogP contribution in [0.4, 0.5) is 13.2 Å². The monoisotopic (exact) mass is 845 g/mol. The number of hydrogen-bond donors (Lipinski definition) is 3. The van der Waals surface area contributed by atoms with Crippen LogP contribution in [0.15, 0.2) is 42.6 Å². The van der Waals surface area contributed by atoms with Crippen molar-refractivity contribution in [1.82, 2.24) is 35.0 Å². The maximum absolute atomic E-state index is 14.6. The highest BCUT2D eigenvalue weighted by Crippen LogP contribution is 2.46. The van der Waals surface area contributed by atoms with E-state index in [1.807, 2.05) is 6.08 Å². The van der Waals surface area contributed by atoms with Crippen LogP contribution in [-0.4, -0.2) is 107 Å². The van der Waals surface area contributed by atoms with Gasteiger partial charge in [0.15, 0.2) is 6.61 Å². The molecule has 3 fully saturated rings. The molecule has 16 nitrogen and oxygen atoms in total. The Balaban J connectivity index is 1.23. The minimum absolute atomic E-state index is 0.0621. The number of carbonyl (C=O) groups is 4. The van der Waals surface area contributed by atoms with Crippen LogP contribution in [0.5, 0.6) is 17.4 Å². The van der Waals surface area contributed by atoms with Crippen LogP contribution in [0.1, 0.15) is 73.8 Å². The minimum Gasteiger partial charge on any atom is -0.496 e. The van der Waals surface area contributed by atoms with Crippen molar-refractivity contribution in [2.45, 2.75) is 99.9 Å². The third-order valence-corrected chi connectivity index (χ3v) is 12.9. The zero-order valence-corrected chi connectivity index (χ0v) is 33.5. The highest BCUT2D eigenvalue weighted by molar-refractivity contribution is 7.91. The Hall–Kier alpha value is -5.40. The van der Waals surface area contributed by atoms with Crippen LogP contribution in [0.25, 0.3) is 10.9 Å². The Kier molecular flexibility index (Phi) is 11.6. The molecule has 3 N–H and O–H groups in total. The van der Waals surface area contributed by atoms with Gasteiger partial charge in [0.2, 0.25) is 27.7 Å². The molecule has 20 heteroatoms. The van der Waals surface area contributed by atoms with E-state index in [4.69, 9.17) is 14.2 Å². The molecular weight excluding hydrogens is 800 g/mol. The van der Waals surface area contributed by atoms with Crippen molar-refractivity contribution in [2.75, 3.05) is 20.3 Å². The molecule has 2 saturated carbocycles. The van der Waals surface area contributed by atoms with E-state index in [2.05, 4.69) is 25.4 Å². The molecule has 0 spiro atoms. The third kappa shape index (κ3) is 9.26. The van der Waals surface area contributed by atoms with Crippen LogP contribution < -0.4 is 29.6 Å². The number of nitrogens with zero attached hydrogens (tertiary/aromatic N) is 4. The van der Waals surface area contributed by atoms with Gasteiger partial charge in [-0.05, 0) is 63.6 Å². The molecule has 59 heavy (non-hydrogen) atoms. The first-order chi connectivity index (χ1) is 28.0. The largest absolute Gasteiger partial charge is 0.496 e. The topological polar surface area (TPSA) is 200 Å². The molecule has 2 aliphatic heterocycles. The van der Waals surface area contributed by atoms with Crippen LogP contribution in [0, 0.1) is 12.8 Å². The summed E-state index contributed by atoms with van der Waals surface area (Å²) in [6.07, 6.45) is 3.28. The molecule has 2 aliphatic carbocycles. The SMILES string of the molecule is COc1ccc2c(O[C@@H]3C[C@H]4C(=O)N[C@]5(C(=O)NS(=O)(=O)C6CC6)C[C@H]5/C=C\CCCCC[C@H](NC(=O)c5ccn(C)n5)C(=O)N4C3)cc(OCC(F)(F)F)nc2c1C. The van der Waals surface area contributed by atoms with E-state index in [1.165, 1.54) is 28.8 Å². The number of fused-ring (bicyclic) bond motifs is 3. The first-order valence-electron chi connectivity index (χ1n) is 19.5. The number of methoxy groups -OCH3 is 1. The predicted octanol–water partition coefficient (Wildman–Crippen LogP) is 3.38. The number of halogens is 3. The Bertz CT molecular complexity index is 2280. The van der Waals surface area contributed by atoms with Crippen molar-refractivity contribution < 1.29 is 55.0 Å². The van der Waals surface area contributed by atoms with E-state index in [1.54, 1.807) is 38.4 Å². The standard InChI is InChI=1S/C39H46F3N7O9S/c1-22-30(56-3)14-13-26-31(18-32(44-33(22)26)57-21-39(40,41)42)58-24-17-29-35(51)45-38(37(53)47-59(54,55)25-11-12-25)19-23(38)9-7-5-4-6-8-10-28(36(52)49(29)20-24)43-34(50)27-15-16-48(2)46-27/h7,9,13-16,18,23-25,28-29H,4-6,8,10-12,17,19-21H2,1-3H3,(H,43,50)(H,45,51)(H,47,53)/b9-7-/t23-,24-,28+,29+,38-/m1/s1. The Morgan fingerprint density at radius 3 is 2.56 bits per heavy atom. The third-order valence-electron chi connectivity index (χ3n) is 11.1. The van der Waals surface area contributed by atoms with Gasteiger partial charge in [0.25, 0.3) is 11.8 Å². The van der Waals surface area contributed by atoms with Gasteiger partial charge in [-0.15, -0.1) is 0 Å². The number of benzene rings is 1. The number of nitrogens with one attached hydrogen (secondary N) is 3. The highest BCUT2D eigenvalue weighted by atomic mass is 32.2. The number of sulfonamides is 1. The van der Waals surface area contributed by atoms with Gasteiger partial charge in [0, 0.05) is 42.6 Å². The second-order valence-electron chi connectivity index (χ2n) is 15.5. The number of amides is 4. The average Bonchev–Trinajstić information content (AvgIpc) is 4.07. The average molecular weight is 846 g/mol. The number of hydrogen-bond acceptors (Lipinski definition) is 11. The molecular formula is C39H46F3N7O9S. The number of pyridine rings is 1. The summed E-state index contributed by atoms with van der Waals surface area (Å²) in [5, 5.41) is 9.44. The lowest BCUT2D eigenvalue weighted by molar-refractivity contribution is -0.154. The highest BCUT2D eigenvalue weighted by Gasteiger charge is 2.62. The number of aromatic nitrogens is 3. The first kappa shape index (κ1) is 41.7. The normalized spacial score (nSPS) is 25.8. The molecule has 7 rings (SSSR count). The van der Waals surface area contributed by atoms with Crippen molar-refractivity contribution in [3.05, 3.63) is 53.9 Å². The van der Waals surface area contributed by atoms with Gasteiger partial charge in [0.1, 0.15) is 40.9 Å². The van der Waals surface area contributed by atoms with Crippen LogP contribution in [0.3, 0.4) is 0 Å². The zero-order chi connectivity index (χ0) is 42.3. The second-order valence-corrected chi connectivity index (χ2v) is 17.5. The summed E-state index contributed by atoms with van der Waals surface area (Å²) in [6.45, 7) is -0.160. The van der Waals surface area contributed by atoms with Crippen molar-refractivity contribution in [3.8, 4) is 17.4 Å². The van der Waals surface area contributed by atoms with Crippen molar-refractivity contribution in [2.24, 2.45) is 13.0 Å². The molecule has 0 radical (unpaired) electrons. The fraction of sp³-hybridized carbons (Fsp3) is 0.538. The zero-order valence-electron chi connectivity index (χ0n) is 32.7. The number of allylic oxidation sites excluding steroid dienone is 1. The van der Waals surface area contributed by atoms with Crippen LogP contribution in [-0.2, 0) is 31.5 Å². The van der Waals surface area contributed by atoms with Gasteiger partial charge >= 0.3 is 6.18 Å². The first-order valence-corrected chi connectivity index (χ1v) is 21.0. The summed E-state index contributed by atoms with van der Waals surface area (Å²) in [5.74, 6) is -3.27. The number of rotatable bonds is 10. The lowest BCUT2D eigenvalue weighted by atomic mass is 10.0. The molecule has 0 unspecified atom stereocenters. The summed E-state index contributed by atoms with van der Waals surface area (Å²) < 4.78 is 85.9. The van der Waals surface area contributed by atoms with Gasteiger partial charge in [-0.1, -0.05) is 25.0 Å². The Labute approximate surface area is 338 Å². The number of ether oxygens (including phenoxy) is 3. The summed E-state index contributed by atoms with van der Waals surface area (Å²) in [5.41, 5.74) is -0.807. The number of aryl methyl sites for hydroxylation is 2. The maximum Gasteiger partial charge on any atom is 0.422 e. The fourth-order valence-electron chi connectivity index (χ4n) is 7.70. The molecule has 1 aromatic carbocycles. The van der Waals surface area contributed by atoms with Crippen molar-refractivity contribution >= 4 is 44.6 Å².